The van der Waals surface area contributed by atoms with Crippen LogP contribution in [0.3, 0.4) is 0 Å². The van der Waals surface area contributed by atoms with Gasteiger partial charge in [0.25, 0.3) is 0 Å². The molecule has 10 heteroatoms. The molecule has 0 radical (unpaired) electrons. The number of aromatic nitrogens is 2. The number of rotatable bonds is 7. The largest absolute Gasteiger partial charge is 0.507 e. The quantitative estimate of drug-likeness (QED) is 0.369. The van der Waals surface area contributed by atoms with E-state index in [-0.39, 0.29) is 49.0 Å². The Kier molecular flexibility index (Phi) is 12.0. The highest BCUT2D eigenvalue weighted by Gasteiger charge is 2.31. The summed E-state index contributed by atoms with van der Waals surface area (Å²) in [5.41, 5.74) is 4.19. The molecular weight excluding hydrogens is 523 g/mol. The number of carbonyl (C=O) groups is 1. The SMILES string of the molecule is CN(C)Cc1c(O)c(-c2cccnc2)cc2c1c(C(=O)O)c(CN(C)C)n2C1CCCCC1.Cl.Cl.Cl. The van der Waals surface area contributed by atoms with Gasteiger partial charge >= 0.3 is 5.97 Å². The first-order chi connectivity index (χ1) is 15.8. The van der Waals surface area contributed by atoms with Crippen LogP contribution < -0.4 is 0 Å². The Bertz CT molecular complexity index is 1160. The topological polar surface area (TPSA) is 81.8 Å². The molecule has 7 nitrogen and oxygen atoms in total. The van der Waals surface area contributed by atoms with Crippen LogP contribution in [0.2, 0.25) is 0 Å². The van der Waals surface area contributed by atoms with Crippen LogP contribution in [0.25, 0.3) is 22.0 Å². The van der Waals surface area contributed by atoms with Crippen molar-refractivity contribution in [3.8, 4) is 16.9 Å². The lowest BCUT2D eigenvalue weighted by molar-refractivity contribution is 0.0696. The molecule has 2 N–H and O–H groups in total. The summed E-state index contributed by atoms with van der Waals surface area (Å²) in [5.74, 6) is -0.816. The van der Waals surface area contributed by atoms with Crippen molar-refractivity contribution in [2.45, 2.75) is 51.2 Å². The molecule has 0 saturated heterocycles. The summed E-state index contributed by atoms with van der Waals surface area (Å²) in [6, 6.07) is 6.01. The highest BCUT2D eigenvalue weighted by molar-refractivity contribution is 6.09. The molecule has 1 fully saturated rings. The van der Waals surface area contributed by atoms with E-state index in [4.69, 9.17) is 0 Å². The van der Waals surface area contributed by atoms with Crippen molar-refractivity contribution < 1.29 is 15.0 Å². The second kappa shape index (κ2) is 13.5. The van der Waals surface area contributed by atoms with Gasteiger partial charge in [-0.3, -0.25) is 4.98 Å². The number of halogens is 3. The van der Waals surface area contributed by atoms with Gasteiger partial charge in [0, 0.05) is 59.3 Å². The van der Waals surface area contributed by atoms with Gasteiger partial charge in [0.1, 0.15) is 5.75 Å². The van der Waals surface area contributed by atoms with Gasteiger partial charge in [-0.15, -0.1) is 37.2 Å². The maximum Gasteiger partial charge on any atom is 0.338 e. The van der Waals surface area contributed by atoms with Crippen molar-refractivity contribution in [2.75, 3.05) is 28.2 Å². The van der Waals surface area contributed by atoms with Crippen molar-refractivity contribution >= 4 is 54.1 Å². The fraction of sp³-hybridized carbons (Fsp3) is 0.462. The number of aromatic hydroxyl groups is 1. The van der Waals surface area contributed by atoms with Crippen molar-refractivity contribution in [1.29, 1.82) is 0 Å². The van der Waals surface area contributed by atoms with Crippen molar-refractivity contribution in [3.63, 3.8) is 0 Å². The minimum atomic E-state index is -0.944. The fourth-order valence-corrected chi connectivity index (χ4v) is 5.25. The lowest BCUT2D eigenvalue weighted by Gasteiger charge is -2.28. The normalized spacial score (nSPS) is 13.8. The molecular formula is C26H37Cl3N4O3. The lowest BCUT2D eigenvalue weighted by atomic mass is 9.94. The Hall–Kier alpha value is -2.03. The van der Waals surface area contributed by atoms with Gasteiger partial charge in [-0.05, 0) is 53.2 Å². The van der Waals surface area contributed by atoms with E-state index in [0.29, 0.717) is 35.2 Å². The average Bonchev–Trinajstić information content (AvgIpc) is 3.09. The Morgan fingerprint density at radius 3 is 2.22 bits per heavy atom. The summed E-state index contributed by atoms with van der Waals surface area (Å²) in [7, 11) is 7.80. The van der Waals surface area contributed by atoms with E-state index in [1.54, 1.807) is 12.4 Å². The van der Waals surface area contributed by atoms with E-state index >= 15 is 0 Å². The molecule has 1 aliphatic carbocycles. The molecule has 0 amide bonds. The number of nitrogens with zero attached hydrogens (tertiary/aromatic N) is 4. The molecule has 0 aliphatic heterocycles. The van der Waals surface area contributed by atoms with Crippen LogP contribution in [0.4, 0.5) is 0 Å². The number of phenolic OH excluding ortho intramolecular Hbond substituents is 1. The van der Waals surface area contributed by atoms with Crippen LogP contribution >= 0.6 is 37.2 Å². The summed E-state index contributed by atoms with van der Waals surface area (Å²) < 4.78 is 2.27. The number of pyridine rings is 1. The first-order valence-corrected chi connectivity index (χ1v) is 11.6. The first kappa shape index (κ1) is 32.0. The second-order valence-electron chi connectivity index (χ2n) is 9.65. The van der Waals surface area contributed by atoms with E-state index in [1.165, 1.54) is 6.42 Å². The highest BCUT2D eigenvalue weighted by Crippen LogP contribution is 2.44. The van der Waals surface area contributed by atoms with Crippen molar-refractivity contribution in [1.82, 2.24) is 19.4 Å². The molecule has 1 aliphatic rings. The smallest absolute Gasteiger partial charge is 0.338 e. The highest BCUT2D eigenvalue weighted by atomic mass is 35.5. The molecule has 4 rings (SSSR count). The fourth-order valence-electron chi connectivity index (χ4n) is 5.25. The molecule has 2 aromatic heterocycles. The van der Waals surface area contributed by atoms with Crippen LogP contribution in [0.5, 0.6) is 5.75 Å². The standard InChI is InChI=1S/C26H34N4O3.3ClH/c1-28(2)15-20-23-21(13-19(25(20)31)17-9-8-12-27-14-17)30(18-10-6-5-7-11-18)22(16-29(3)4)24(23)26(32)33;;;/h8-9,12-14,18,31H,5-7,10-11,15-16H2,1-4H3,(H,32,33);3*1H. The lowest BCUT2D eigenvalue weighted by Crippen LogP contribution is -2.21. The van der Waals surface area contributed by atoms with E-state index < -0.39 is 5.97 Å². The molecule has 0 unspecified atom stereocenters. The van der Waals surface area contributed by atoms with Crippen LogP contribution in [0, 0.1) is 0 Å². The predicted molar refractivity (Wildman–Crippen MR) is 152 cm³/mol. The maximum atomic E-state index is 12.7. The van der Waals surface area contributed by atoms with Crippen molar-refractivity contribution in [3.05, 3.63) is 47.4 Å². The van der Waals surface area contributed by atoms with E-state index in [2.05, 4.69) is 9.55 Å². The van der Waals surface area contributed by atoms with Gasteiger partial charge in [-0.2, -0.15) is 0 Å². The maximum absolute atomic E-state index is 12.7. The summed E-state index contributed by atoms with van der Waals surface area (Å²) in [6.45, 7) is 0.962. The Morgan fingerprint density at radius 1 is 1.06 bits per heavy atom. The third-order valence-electron chi connectivity index (χ3n) is 6.54. The molecule has 1 saturated carbocycles. The molecule has 36 heavy (non-hydrogen) atoms. The summed E-state index contributed by atoms with van der Waals surface area (Å²) >= 11 is 0. The molecule has 3 aromatic rings. The minimum absolute atomic E-state index is 0. The summed E-state index contributed by atoms with van der Waals surface area (Å²) in [4.78, 5) is 20.9. The van der Waals surface area contributed by atoms with Crippen LogP contribution in [-0.4, -0.2) is 63.7 Å². The number of aromatic carboxylic acids is 1. The third kappa shape index (κ3) is 6.26. The average molecular weight is 560 g/mol. The Balaban J connectivity index is 0.00000216. The molecule has 2 heterocycles. The zero-order chi connectivity index (χ0) is 23.7. The Morgan fingerprint density at radius 2 is 1.69 bits per heavy atom. The van der Waals surface area contributed by atoms with E-state index in [9.17, 15) is 15.0 Å². The third-order valence-corrected chi connectivity index (χ3v) is 6.54. The summed E-state index contributed by atoms with van der Waals surface area (Å²) in [6.07, 6.45) is 9.04. The number of carboxylic acids is 1. The molecule has 0 spiro atoms. The zero-order valence-electron chi connectivity index (χ0n) is 21.2. The molecule has 0 bridgehead atoms. The Labute approximate surface area is 231 Å². The zero-order valence-corrected chi connectivity index (χ0v) is 23.7. The van der Waals surface area contributed by atoms with Crippen molar-refractivity contribution in [2.24, 2.45) is 0 Å². The van der Waals surface area contributed by atoms with Crippen LogP contribution in [-0.2, 0) is 13.1 Å². The van der Waals surface area contributed by atoms with Crippen LogP contribution in [0.15, 0.2) is 30.6 Å². The van der Waals surface area contributed by atoms with Gasteiger partial charge in [0.15, 0.2) is 0 Å². The number of hydrogen-bond acceptors (Lipinski definition) is 5. The molecule has 0 atom stereocenters. The number of fused-ring (bicyclic) bond motifs is 1. The van der Waals surface area contributed by atoms with E-state index in [0.717, 1.165) is 42.5 Å². The van der Waals surface area contributed by atoms with E-state index in [1.807, 2.05) is 56.2 Å². The predicted octanol–water partition coefficient (Wildman–Crippen LogP) is 6.00. The molecule has 1 aromatic carbocycles. The van der Waals surface area contributed by atoms with Gasteiger partial charge < -0.3 is 24.6 Å². The van der Waals surface area contributed by atoms with Gasteiger partial charge in [0.2, 0.25) is 0 Å². The minimum Gasteiger partial charge on any atom is -0.507 e. The number of phenols is 1. The first-order valence-electron chi connectivity index (χ1n) is 11.6. The molecule has 200 valence electrons. The number of hydrogen-bond donors (Lipinski definition) is 2. The van der Waals surface area contributed by atoms with Crippen LogP contribution in [0.1, 0.15) is 59.8 Å². The second-order valence-corrected chi connectivity index (χ2v) is 9.65. The number of benzene rings is 1. The van der Waals surface area contributed by atoms with Gasteiger partial charge in [-0.25, -0.2) is 4.79 Å². The monoisotopic (exact) mass is 558 g/mol. The van der Waals surface area contributed by atoms with Gasteiger partial charge in [-0.1, -0.05) is 25.3 Å². The summed E-state index contributed by atoms with van der Waals surface area (Å²) in [5, 5.41) is 22.5. The van der Waals surface area contributed by atoms with Gasteiger partial charge in [0.05, 0.1) is 11.1 Å². The number of carboxylic acid groups (broad SMARTS) is 1.